The van der Waals surface area contributed by atoms with E-state index in [1.165, 1.54) is 16.2 Å². The zero-order valence-corrected chi connectivity index (χ0v) is 16.7. The summed E-state index contributed by atoms with van der Waals surface area (Å²) < 4.78 is 0. The maximum Gasteiger partial charge on any atom is 0.264 e. The summed E-state index contributed by atoms with van der Waals surface area (Å²) in [5.74, 6) is 0.0417. The molecule has 0 spiro atoms. The molecule has 1 N–H and O–H groups in total. The van der Waals surface area contributed by atoms with Crippen LogP contribution < -0.4 is 5.32 Å². The summed E-state index contributed by atoms with van der Waals surface area (Å²) in [6, 6.07) is 6.34. The third kappa shape index (κ3) is 4.30. The van der Waals surface area contributed by atoms with Crippen molar-refractivity contribution in [3.05, 3.63) is 38.9 Å². The van der Waals surface area contributed by atoms with Gasteiger partial charge in [0.2, 0.25) is 5.91 Å². The van der Waals surface area contributed by atoms with Crippen molar-refractivity contribution in [1.82, 2.24) is 4.90 Å². The minimum absolute atomic E-state index is 0.0367. The first-order valence-electron chi connectivity index (χ1n) is 8.51. The van der Waals surface area contributed by atoms with E-state index < -0.39 is 5.41 Å². The van der Waals surface area contributed by atoms with Crippen molar-refractivity contribution in [2.75, 3.05) is 5.32 Å². The predicted molar refractivity (Wildman–Crippen MR) is 104 cm³/mol. The van der Waals surface area contributed by atoms with Gasteiger partial charge in [0.15, 0.2) is 0 Å². The summed E-state index contributed by atoms with van der Waals surface area (Å²) in [7, 11) is 0. The van der Waals surface area contributed by atoms with Gasteiger partial charge in [0.1, 0.15) is 0 Å². The van der Waals surface area contributed by atoms with Crippen LogP contribution in [0.1, 0.15) is 53.7 Å². The number of nitrogens with one attached hydrogen (secondary N) is 1. The Bertz CT molecular complexity index is 768. The van der Waals surface area contributed by atoms with Crippen LogP contribution in [0.15, 0.2) is 23.6 Å². The number of carbonyl (C=O) groups excluding carboxylic acids is 2. The van der Waals surface area contributed by atoms with Crippen molar-refractivity contribution in [2.45, 2.75) is 53.1 Å². The highest BCUT2D eigenvalue weighted by Gasteiger charge is 2.34. The second-order valence-electron chi connectivity index (χ2n) is 7.57. The Morgan fingerprint density at radius 1 is 1.32 bits per heavy atom. The number of thiophene rings is 2. The molecular formula is C19H24N2O2S2. The standard InChI is InChI=1S/C19H24N2O2S2/c1-12-10-15(20-18(23)19(2,3)4)25-16(12)17(22)21(13-7-8-13)11-14-6-5-9-24-14/h5-6,9-10,13H,7-8,11H2,1-4H3,(H,20,23). The minimum atomic E-state index is -0.457. The van der Waals surface area contributed by atoms with Crippen LogP contribution in [0.2, 0.25) is 0 Å². The first kappa shape index (κ1) is 18.1. The van der Waals surface area contributed by atoms with Crippen LogP contribution in [-0.2, 0) is 11.3 Å². The van der Waals surface area contributed by atoms with E-state index in [9.17, 15) is 9.59 Å². The highest BCUT2D eigenvalue weighted by molar-refractivity contribution is 7.18. The Morgan fingerprint density at radius 2 is 2.04 bits per heavy atom. The Hall–Kier alpha value is -1.66. The maximum atomic E-state index is 13.1. The first-order valence-corrected chi connectivity index (χ1v) is 10.2. The molecule has 6 heteroatoms. The van der Waals surface area contributed by atoms with Gasteiger partial charge in [-0.3, -0.25) is 9.59 Å². The summed E-state index contributed by atoms with van der Waals surface area (Å²) in [6.45, 7) is 8.25. The summed E-state index contributed by atoms with van der Waals surface area (Å²) >= 11 is 3.06. The summed E-state index contributed by atoms with van der Waals surface area (Å²) in [5, 5.41) is 5.72. The van der Waals surface area contributed by atoms with Crippen molar-refractivity contribution in [1.29, 1.82) is 0 Å². The van der Waals surface area contributed by atoms with Crippen molar-refractivity contribution >= 4 is 39.5 Å². The average Bonchev–Trinajstić information content (AvgIpc) is 3.11. The van der Waals surface area contributed by atoms with Gasteiger partial charge in [0.25, 0.3) is 5.91 Å². The molecule has 0 radical (unpaired) electrons. The smallest absolute Gasteiger partial charge is 0.264 e. The lowest BCUT2D eigenvalue weighted by Gasteiger charge is -2.21. The normalized spacial score (nSPS) is 14.4. The van der Waals surface area contributed by atoms with Gasteiger partial charge in [-0.2, -0.15) is 0 Å². The topological polar surface area (TPSA) is 49.4 Å². The molecule has 1 aliphatic carbocycles. The molecule has 0 unspecified atom stereocenters. The molecule has 1 fully saturated rings. The molecule has 0 bridgehead atoms. The van der Waals surface area contributed by atoms with Gasteiger partial charge in [-0.15, -0.1) is 22.7 Å². The molecule has 3 rings (SSSR count). The third-order valence-electron chi connectivity index (χ3n) is 4.18. The molecule has 25 heavy (non-hydrogen) atoms. The Labute approximate surface area is 156 Å². The molecule has 1 aliphatic rings. The van der Waals surface area contributed by atoms with E-state index in [4.69, 9.17) is 0 Å². The second-order valence-corrected chi connectivity index (χ2v) is 9.65. The molecule has 0 aromatic carbocycles. The molecule has 134 valence electrons. The number of amides is 2. The Morgan fingerprint density at radius 3 is 2.60 bits per heavy atom. The van der Waals surface area contributed by atoms with Crippen molar-refractivity contribution < 1.29 is 9.59 Å². The van der Waals surface area contributed by atoms with E-state index in [2.05, 4.69) is 11.4 Å². The largest absolute Gasteiger partial charge is 0.330 e. The van der Waals surface area contributed by atoms with Crippen LogP contribution in [0.3, 0.4) is 0 Å². The molecule has 1 saturated carbocycles. The number of aryl methyl sites for hydroxylation is 1. The fourth-order valence-corrected chi connectivity index (χ4v) is 4.24. The lowest BCUT2D eigenvalue weighted by molar-refractivity contribution is -0.123. The Kier molecular flexibility index (Phi) is 5.02. The second kappa shape index (κ2) is 6.92. The fraction of sp³-hybridized carbons (Fsp3) is 0.474. The van der Waals surface area contributed by atoms with Gasteiger partial charge in [-0.1, -0.05) is 26.8 Å². The van der Waals surface area contributed by atoms with Crippen molar-refractivity contribution in [2.24, 2.45) is 5.41 Å². The van der Waals surface area contributed by atoms with E-state index in [1.807, 2.05) is 50.1 Å². The molecule has 4 nitrogen and oxygen atoms in total. The molecule has 2 heterocycles. The summed E-state index contributed by atoms with van der Waals surface area (Å²) in [4.78, 5) is 29.2. The zero-order chi connectivity index (χ0) is 18.2. The summed E-state index contributed by atoms with van der Waals surface area (Å²) in [5.41, 5.74) is 0.470. The molecule has 0 saturated heterocycles. The number of rotatable bonds is 5. The third-order valence-corrected chi connectivity index (χ3v) is 6.19. The molecule has 0 atom stereocenters. The van der Waals surface area contributed by atoms with E-state index in [0.717, 1.165) is 28.3 Å². The van der Waals surface area contributed by atoms with Crippen molar-refractivity contribution in [3.8, 4) is 0 Å². The first-order chi connectivity index (χ1) is 11.8. The predicted octanol–water partition coefficient (Wildman–Crippen LogP) is 4.91. The molecule has 0 aliphatic heterocycles. The molecular weight excluding hydrogens is 352 g/mol. The van der Waals surface area contributed by atoms with Crippen molar-refractivity contribution in [3.63, 3.8) is 0 Å². The van der Waals surface area contributed by atoms with Crippen LogP contribution in [-0.4, -0.2) is 22.8 Å². The van der Waals surface area contributed by atoms with Crippen LogP contribution >= 0.6 is 22.7 Å². The zero-order valence-electron chi connectivity index (χ0n) is 15.1. The number of carbonyl (C=O) groups is 2. The number of hydrogen-bond donors (Lipinski definition) is 1. The number of hydrogen-bond acceptors (Lipinski definition) is 4. The SMILES string of the molecule is Cc1cc(NC(=O)C(C)(C)C)sc1C(=O)N(Cc1cccs1)C1CC1. The van der Waals surface area contributed by atoms with Gasteiger partial charge >= 0.3 is 0 Å². The molecule has 2 aromatic rings. The van der Waals surface area contributed by atoms with Crippen LogP contribution in [0.5, 0.6) is 0 Å². The quantitative estimate of drug-likeness (QED) is 0.806. The van der Waals surface area contributed by atoms with E-state index in [1.54, 1.807) is 11.3 Å². The number of anilines is 1. The van der Waals surface area contributed by atoms with Gasteiger partial charge in [0, 0.05) is 16.3 Å². The van der Waals surface area contributed by atoms with Crippen LogP contribution in [0.4, 0.5) is 5.00 Å². The Balaban J connectivity index is 1.78. The molecule has 2 amide bonds. The fourth-order valence-electron chi connectivity index (χ4n) is 2.51. The monoisotopic (exact) mass is 376 g/mol. The van der Waals surface area contributed by atoms with Gasteiger partial charge in [-0.25, -0.2) is 0 Å². The van der Waals surface area contributed by atoms with Gasteiger partial charge in [0.05, 0.1) is 16.4 Å². The van der Waals surface area contributed by atoms with Gasteiger partial charge < -0.3 is 10.2 Å². The van der Waals surface area contributed by atoms with Crippen LogP contribution in [0.25, 0.3) is 0 Å². The van der Waals surface area contributed by atoms with E-state index in [-0.39, 0.29) is 11.8 Å². The molecule has 2 aromatic heterocycles. The van der Waals surface area contributed by atoms with Gasteiger partial charge in [-0.05, 0) is 42.8 Å². The van der Waals surface area contributed by atoms with E-state index >= 15 is 0 Å². The highest BCUT2D eigenvalue weighted by atomic mass is 32.1. The maximum absolute atomic E-state index is 13.1. The highest BCUT2D eigenvalue weighted by Crippen LogP contribution is 2.35. The lowest BCUT2D eigenvalue weighted by Crippen LogP contribution is -2.32. The van der Waals surface area contributed by atoms with E-state index in [0.29, 0.717) is 12.6 Å². The summed E-state index contributed by atoms with van der Waals surface area (Å²) in [6.07, 6.45) is 2.16. The minimum Gasteiger partial charge on any atom is -0.330 e. The number of nitrogens with zero attached hydrogens (tertiary/aromatic N) is 1. The van der Waals surface area contributed by atoms with Crippen LogP contribution in [0, 0.1) is 12.3 Å². The average molecular weight is 377 g/mol. The lowest BCUT2D eigenvalue weighted by atomic mass is 9.96.